The van der Waals surface area contributed by atoms with E-state index in [1.165, 1.54) is 34.8 Å². The van der Waals surface area contributed by atoms with E-state index in [2.05, 4.69) is 66.6 Å². The third-order valence-electron chi connectivity index (χ3n) is 4.48. The summed E-state index contributed by atoms with van der Waals surface area (Å²) in [5.74, 6) is 0. The third kappa shape index (κ3) is 3.84. The smallest absolute Gasteiger partial charge is 0.103 e. The van der Waals surface area contributed by atoms with E-state index >= 15 is 0 Å². The molecule has 3 heteroatoms. The highest BCUT2D eigenvalue weighted by atomic mass is 32.2. The fourth-order valence-electron chi connectivity index (χ4n) is 3.05. The lowest BCUT2D eigenvalue weighted by atomic mass is 10.1. The summed E-state index contributed by atoms with van der Waals surface area (Å²) >= 11 is 1.81. The summed E-state index contributed by atoms with van der Waals surface area (Å²) in [6.45, 7) is 8.05. The van der Waals surface area contributed by atoms with E-state index in [9.17, 15) is 0 Å². The van der Waals surface area contributed by atoms with Crippen molar-refractivity contribution in [2.24, 2.45) is 0 Å². The van der Waals surface area contributed by atoms with E-state index in [1.807, 2.05) is 11.8 Å². The lowest BCUT2D eigenvalue weighted by molar-refractivity contribution is -0.914. The Labute approximate surface area is 138 Å². The molecule has 1 saturated heterocycles. The van der Waals surface area contributed by atoms with Crippen LogP contribution in [0.4, 0.5) is 5.69 Å². The SMILES string of the molecule is CSc1ccc(C[NH+]2CCN(c3ccc(C)cc3)CC2)cc1. The summed E-state index contributed by atoms with van der Waals surface area (Å²) in [4.78, 5) is 5.56. The van der Waals surface area contributed by atoms with Gasteiger partial charge in [0.15, 0.2) is 0 Å². The molecule has 22 heavy (non-hydrogen) atoms. The van der Waals surface area contributed by atoms with Crippen molar-refractivity contribution in [2.45, 2.75) is 18.4 Å². The summed E-state index contributed by atoms with van der Waals surface area (Å²) in [7, 11) is 0. The van der Waals surface area contributed by atoms with Crippen LogP contribution in [0.1, 0.15) is 11.1 Å². The van der Waals surface area contributed by atoms with Gasteiger partial charge >= 0.3 is 0 Å². The van der Waals surface area contributed by atoms with E-state index in [0.717, 1.165) is 19.6 Å². The minimum absolute atomic E-state index is 1.15. The first-order valence-corrected chi connectivity index (χ1v) is 9.25. The molecule has 3 rings (SSSR count). The van der Waals surface area contributed by atoms with E-state index < -0.39 is 0 Å². The molecule has 0 unspecified atom stereocenters. The van der Waals surface area contributed by atoms with Crippen LogP contribution in [0.3, 0.4) is 0 Å². The van der Waals surface area contributed by atoms with Crippen molar-refractivity contribution in [1.29, 1.82) is 0 Å². The van der Waals surface area contributed by atoms with Crippen molar-refractivity contribution in [3.05, 3.63) is 59.7 Å². The van der Waals surface area contributed by atoms with Gasteiger partial charge in [-0.05, 0) is 37.4 Å². The van der Waals surface area contributed by atoms with Gasteiger partial charge in [-0.25, -0.2) is 0 Å². The molecule has 0 spiro atoms. The van der Waals surface area contributed by atoms with Gasteiger partial charge in [-0.15, -0.1) is 11.8 Å². The maximum absolute atomic E-state index is 2.51. The molecular formula is C19H25N2S+. The molecule has 2 nitrogen and oxygen atoms in total. The predicted octanol–water partition coefficient (Wildman–Crippen LogP) is 2.62. The van der Waals surface area contributed by atoms with Gasteiger partial charge in [-0.1, -0.05) is 29.8 Å². The standard InChI is InChI=1S/C19H24N2S/c1-16-3-7-18(8-4-16)21-13-11-20(12-14-21)15-17-5-9-19(22-2)10-6-17/h3-10H,11-15H2,1-2H3/p+1. The molecular weight excluding hydrogens is 288 g/mol. The molecule has 1 heterocycles. The zero-order chi connectivity index (χ0) is 15.4. The number of aryl methyl sites for hydroxylation is 1. The van der Waals surface area contributed by atoms with E-state index in [1.54, 1.807) is 4.90 Å². The van der Waals surface area contributed by atoms with Crippen molar-refractivity contribution in [3.8, 4) is 0 Å². The van der Waals surface area contributed by atoms with Gasteiger partial charge in [0.05, 0.1) is 26.2 Å². The maximum atomic E-state index is 2.51. The van der Waals surface area contributed by atoms with E-state index in [0.29, 0.717) is 0 Å². The summed E-state index contributed by atoms with van der Waals surface area (Å²) in [5, 5.41) is 0. The van der Waals surface area contributed by atoms with Crippen LogP contribution >= 0.6 is 11.8 Å². The van der Waals surface area contributed by atoms with Crippen LogP contribution < -0.4 is 9.80 Å². The molecule has 0 bridgehead atoms. The average molecular weight is 313 g/mol. The Hall–Kier alpha value is -1.45. The Balaban J connectivity index is 1.53. The molecule has 0 aromatic heterocycles. The second-order valence-electron chi connectivity index (χ2n) is 6.10. The number of hydrogen-bond donors (Lipinski definition) is 1. The Morgan fingerprint density at radius 2 is 1.59 bits per heavy atom. The van der Waals surface area contributed by atoms with Gasteiger partial charge < -0.3 is 9.80 Å². The average Bonchev–Trinajstić information content (AvgIpc) is 2.57. The maximum Gasteiger partial charge on any atom is 0.103 e. The molecule has 0 atom stereocenters. The quantitative estimate of drug-likeness (QED) is 0.868. The van der Waals surface area contributed by atoms with Gasteiger partial charge in [-0.2, -0.15) is 0 Å². The zero-order valence-electron chi connectivity index (χ0n) is 13.5. The highest BCUT2D eigenvalue weighted by Crippen LogP contribution is 2.16. The van der Waals surface area contributed by atoms with Crippen molar-refractivity contribution >= 4 is 17.4 Å². The van der Waals surface area contributed by atoms with Gasteiger partial charge in [0.1, 0.15) is 6.54 Å². The zero-order valence-corrected chi connectivity index (χ0v) is 14.3. The lowest BCUT2D eigenvalue weighted by Gasteiger charge is -2.33. The Morgan fingerprint density at radius 3 is 2.18 bits per heavy atom. The third-order valence-corrected chi connectivity index (χ3v) is 5.23. The lowest BCUT2D eigenvalue weighted by Crippen LogP contribution is -3.13. The van der Waals surface area contributed by atoms with Crippen molar-refractivity contribution in [2.75, 3.05) is 37.3 Å². The number of piperazine rings is 1. The molecule has 0 saturated carbocycles. The van der Waals surface area contributed by atoms with Gasteiger partial charge in [-0.3, -0.25) is 0 Å². The van der Waals surface area contributed by atoms with Crippen LogP contribution in [-0.2, 0) is 6.54 Å². The monoisotopic (exact) mass is 313 g/mol. The first-order chi connectivity index (χ1) is 10.7. The molecule has 2 aromatic carbocycles. The topological polar surface area (TPSA) is 7.68 Å². The van der Waals surface area contributed by atoms with Crippen LogP contribution in [0.15, 0.2) is 53.4 Å². The van der Waals surface area contributed by atoms with Crippen molar-refractivity contribution in [1.82, 2.24) is 0 Å². The summed E-state index contributed by atoms with van der Waals surface area (Å²) in [6.07, 6.45) is 2.13. The molecule has 0 radical (unpaired) electrons. The fraction of sp³-hybridized carbons (Fsp3) is 0.368. The summed E-state index contributed by atoms with van der Waals surface area (Å²) in [6, 6.07) is 18.0. The number of anilines is 1. The number of nitrogens with zero attached hydrogens (tertiary/aromatic N) is 1. The molecule has 116 valence electrons. The van der Waals surface area contributed by atoms with Gasteiger partial charge in [0.2, 0.25) is 0 Å². The number of quaternary nitrogens is 1. The molecule has 2 aromatic rings. The normalized spacial score (nSPS) is 16.0. The van der Waals surface area contributed by atoms with Crippen LogP contribution in [0.2, 0.25) is 0 Å². The summed E-state index contributed by atoms with van der Waals surface area (Å²) < 4.78 is 0. The van der Waals surface area contributed by atoms with E-state index in [4.69, 9.17) is 0 Å². The summed E-state index contributed by atoms with van der Waals surface area (Å²) in [5.41, 5.74) is 4.16. The largest absolute Gasteiger partial charge is 0.360 e. The minimum atomic E-state index is 1.15. The Bertz CT molecular complexity index is 584. The second kappa shape index (κ2) is 7.21. The molecule has 0 amide bonds. The minimum Gasteiger partial charge on any atom is -0.360 e. The fourth-order valence-corrected chi connectivity index (χ4v) is 3.45. The van der Waals surface area contributed by atoms with E-state index in [-0.39, 0.29) is 0 Å². The van der Waals surface area contributed by atoms with Crippen LogP contribution in [0.25, 0.3) is 0 Å². The highest BCUT2D eigenvalue weighted by molar-refractivity contribution is 7.98. The van der Waals surface area contributed by atoms with Crippen LogP contribution in [-0.4, -0.2) is 32.4 Å². The van der Waals surface area contributed by atoms with Gasteiger partial charge in [0, 0.05) is 16.1 Å². The number of rotatable bonds is 4. The first kappa shape index (κ1) is 15.4. The molecule has 1 N–H and O–H groups in total. The number of benzene rings is 2. The molecule has 1 aliphatic rings. The second-order valence-corrected chi connectivity index (χ2v) is 6.98. The Morgan fingerprint density at radius 1 is 0.955 bits per heavy atom. The van der Waals surface area contributed by atoms with Gasteiger partial charge in [0.25, 0.3) is 0 Å². The van der Waals surface area contributed by atoms with Crippen LogP contribution in [0, 0.1) is 6.92 Å². The molecule has 1 fully saturated rings. The highest BCUT2D eigenvalue weighted by Gasteiger charge is 2.20. The Kier molecular flexibility index (Phi) is 5.06. The number of hydrogen-bond acceptors (Lipinski definition) is 2. The van der Waals surface area contributed by atoms with Crippen molar-refractivity contribution in [3.63, 3.8) is 0 Å². The predicted molar refractivity (Wildman–Crippen MR) is 96.0 cm³/mol. The number of nitrogens with one attached hydrogen (secondary N) is 1. The van der Waals surface area contributed by atoms with Crippen molar-refractivity contribution < 1.29 is 4.90 Å². The van der Waals surface area contributed by atoms with Crippen LogP contribution in [0.5, 0.6) is 0 Å². The molecule has 0 aliphatic carbocycles. The number of thioether (sulfide) groups is 1. The first-order valence-electron chi connectivity index (χ1n) is 8.03. The molecule has 1 aliphatic heterocycles.